The van der Waals surface area contributed by atoms with Crippen molar-refractivity contribution in [3.63, 3.8) is 0 Å². The lowest BCUT2D eigenvalue weighted by Gasteiger charge is -2.05. The molecule has 0 aliphatic carbocycles. The molecule has 2 aromatic rings. The normalized spacial score (nSPS) is 10.3. The third-order valence-corrected chi connectivity index (χ3v) is 2.62. The fraction of sp³-hybridized carbons (Fsp3) is 0.250. The Labute approximate surface area is 118 Å². The van der Waals surface area contributed by atoms with Crippen molar-refractivity contribution in [1.29, 1.82) is 0 Å². The maximum atomic E-state index is 11.9. The predicted octanol–water partition coefficient (Wildman–Crippen LogP) is -0.538. The van der Waals surface area contributed by atoms with Crippen LogP contribution < -0.4 is 10.6 Å². The average molecular weight is 292 g/mol. The first-order valence-corrected chi connectivity index (χ1v) is 5.96. The highest BCUT2D eigenvalue weighted by atomic mass is 16.5. The van der Waals surface area contributed by atoms with Gasteiger partial charge >= 0.3 is 5.97 Å². The molecule has 0 aliphatic heterocycles. The first-order valence-electron chi connectivity index (χ1n) is 5.96. The highest BCUT2D eigenvalue weighted by molar-refractivity contribution is 5.98. The van der Waals surface area contributed by atoms with Gasteiger partial charge in [0, 0.05) is 6.20 Å². The molecule has 0 saturated carbocycles. The van der Waals surface area contributed by atoms with Crippen molar-refractivity contribution < 1.29 is 24.0 Å². The Morgan fingerprint density at radius 3 is 2.76 bits per heavy atom. The van der Waals surface area contributed by atoms with E-state index < -0.39 is 24.3 Å². The number of aryl methyl sites for hydroxylation is 1. The Balaban J connectivity index is 1.97. The molecule has 21 heavy (non-hydrogen) atoms. The molecular formula is C12H12N4O5. The second-order valence-corrected chi connectivity index (χ2v) is 4.20. The molecule has 0 radical (unpaired) electrons. The molecular weight excluding hydrogens is 280 g/mol. The summed E-state index contributed by atoms with van der Waals surface area (Å²) in [5.74, 6) is -2.26. The summed E-state index contributed by atoms with van der Waals surface area (Å²) >= 11 is 0. The molecule has 2 heterocycles. The van der Waals surface area contributed by atoms with Crippen LogP contribution in [0.15, 0.2) is 16.8 Å². The van der Waals surface area contributed by atoms with Gasteiger partial charge in [-0.05, 0) is 13.0 Å². The molecule has 3 N–H and O–H groups in total. The van der Waals surface area contributed by atoms with Crippen molar-refractivity contribution in [2.24, 2.45) is 0 Å². The van der Waals surface area contributed by atoms with Crippen molar-refractivity contribution >= 4 is 28.9 Å². The van der Waals surface area contributed by atoms with Gasteiger partial charge in [-0.15, -0.1) is 0 Å². The average Bonchev–Trinajstić information content (AvgIpc) is 2.83. The number of nitrogens with zero attached hydrogens (tertiary/aromatic N) is 2. The number of rotatable bonds is 5. The van der Waals surface area contributed by atoms with Gasteiger partial charge in [-0.3, -0.25) is 14.4 Å². The molecule has 9 heteroatoms. The van der Waals surface area contributed by atoms with E-state index in [4.69, 9.17) is 9.63 Å². The third-order valence-electron chi connectivity index (χ3n) is 2.62. The van der Waals surface area contributed by atoms with Crippen LogP contribution in [0.5, 0.6) is 0 Å². The topological polar surface area (TPSA) is 134 Å². The Kier molecular flexibility index (Phi) is 4.12. The van der Waals surface area contributed by atoms with Crippen LogP contribution in [0.25, 0.3) is 11.1 Å². The van der Waals surface area contributed by atoms with E-state index in [9.17, 15) is 14.4 Å². The number of carbonyl (C=O) groups excluding carboxylic acids is 2. The smallest absolute Gasteiger partial charge is 0.322 e. The number of aromatic nitrogens is 2. The van der Waals surface area contributed by atoms with Crippen molar-refractivity contribution in [1.82, 2.24) is 20.8 Å². The lowest BCUT2D eigenvalue weighted by molar-refractivity contribution is -0.137. The molecule has 0 bridgehead atoms. The Morgan fingerprint density at radius 2 is 2.05 bits per heavy atom. The van der Waals surface area contributed by atoms with Gasteiger partial charge in [0.2, 0.25) is 5.91 Å². The van der Waals surface area contributed by atoms with E-state index in [1.165, 1.54) is 6.20 Å². The van der Waals surface area contributed by atoms with Crippen LogP contribution in [0.4, 0.5) is 0 Å². The molecule has 2 amide bonds. The van der Waals surface area contributed by atoms with Crippen molar-refractivity contribution in [3.05, 3.63) is 23.5 Å². The SMILES string of the molecule is Cc1noc2ncc(C(=O)NCC(=O)NCC(=O)O)cc12. The summed E-state index contributed by atoms with van der Waals surface area (Å²) in [5, 5.41) is 17.2. The largest absolute Gasteiger partial charge is 0.480 e. The summed E-state index contributed by atoms with van der Waals surface area (Å²) in [5.41, 5.74) is 1.18. The van der Waals surface area contributed by atoms with Gasteiger partial charge in [0.1, 0.15) is 6.54 Å². The summed E-state index contributed by atoms with van der Waals surface area (Å²) in [4.78, 5) is 37.4. The van der Waals surface area contributed by atoms with E-state index in [0.717, 1.165) is 0 Å². The van der Waals surface area contributed by atoms with E-state index in [1.807, 2.05) is 0 Å². The zero-order valence-corrected chi connectivity index (χ0v) is 11.0. The Hall–Kier alpha value is -2.97. The second-order valence-electron chi connectivity index (χ2n) is 4.20. The van der Waals surface area contributed by atoms with E-state index in [0.29, 0.717) is 16.8 Å². The predicted molar refractivity (Wildman–Crippen MR) is 69.5 cm³/mol. The van der Waals surface area contributed by atoms with Crippen LogP contribution in [0.2, 0.25) is 0 Å². The standard InChI is InChI=1S/C12H12N4O5/c1-6-8-2-7(3-15-12(8)21-16-6)11(20)14-4-9(17)13-5-10(18)19/h2-3H,4-5H2,1H3,(H,13,17)(H,14,20)(H,18,19). The molecule has 0 aromatic carbocycles. The van der Waals surface area contributed by atoms with E-state index in [1.54, 1.807) is 13.0 Å². The van der Waals surface area contributed by atoms with Crippen LogP contribution in [0.1, 0.15) is 16.1 Å². The molecule has 0 atom stereocenters. The number of nitrogens with one attached hydrogen (secondary N) is 2. The number of hydrogen-bond acceptors (Lipinski definition) is 6. The molecule has 2 aromatic heterocycles. The van der Waals surface area contributed by atoms with Crippen molar-refractivity contribution in [2.45, 2.75) is 6.92 Å². The number of hydrogen-bond donors (Lipinski definition) is 3. The first-order chi connectivity index (χ1) is 9.97. The minimum absolute atomic E-state index is 0.250. The van der Waals surface area contributed by atoms with E-state index >= 15 is 0 Å². The zero-order valence-electron chi connectivity index (χ0n) is 11.0. The lowest BCUT2D eigenvalue weighted by Crippen LogP contribution is -2.39. The first kappa shape index (κ1) is 14.4. The highest BCUT2D eigenvalue weighted by Gasteiger charge is 2.12. The molecule has 110 valence electrons. The molecule has 0 unspecified atom stereocenters. The third kappa shape index (κ3) is 3.53. The van der Waals surface area contributed by atoms with Crippen LogP contribution in [-0.2, 0) is 9.59 Å². The molecule has 9 nitrogen and oxygen atoms in total. The van der Waals surface area contributed by atoms with E-state index in [2.05, 4.69) is 20.8 Å². The number of amides is 2. The Bertz CT molecular complexity index is 709. The zero-order chi connectivity index (χ0) is 15.4. The van der Waals surface area contributed by atoms with Crippen LogP contribution in [-0.4, -0.2) is 46.1 Å². The monoisotopic (exact) mass is 292 g/mol. The fourth-order valence-corrected chi connectivity index (χ4v) is 1.57. The fourth-order valence-electron chi connectivity index (χ4n) is 1.57. The molecule has 0 spiro atoms. The van der Waals surface area contributed by atoms with Crippen LogP contribution >= 0.6 is 0 Å². The van der Waals surface area contributed by atoms with Crippen molar-refractivity contribution in [3.8, 4) is 0 Å². The Morgan fingerprint density at radius 1 is 1.29 bits per heavy atom. The molecule has 0 fully saturated rings. The summed E-state index contributed by atoms with van der Waals surface area (Å²) < 4.78 is 4.92. The number of pyridine rings is 1. The molecule has 0 saturated heterocycles. The lowest BCUT2D eigenvalue weighted by atomic mass is 10.2. The number of carboxylic acid groups (broad SMARTS) is 1. The van der Waals surface area contributed by atoms with Crippen LogP contribution in [0.3, 0.4) is 0 Å². The molecule has 0 aliphatic rings. The van der Waals surface area contributed by atoms with Gasteiger partial charge in [-0.1, -0.05) is 5.16 Å². The maximum absolute atomic E-state index is 11.9. The van der Waals surface area contributed by atoms with Gasteiger partial charge in [0.05, 0.1) is 23.2 Å². The number of aliphatic carboxylic acids is 1. The number of carbonyl (C=O) groups is 3. The molecule has 2 rings (SSSR count). The van der Waals surface area contributed by atoms with Crippen molar-refractivity contribution in [2.75, 3.05) is 13.1 Å². The summed E-state index contributed by atoms with van der Waals surface area (Å²) in [6.07, 6.45) is 1.30. The van der Waals surface area contributed by atoms with Gasteiger partial charge in [-0.25, -0.2) is 4.98 Å². The summed E-state index contributed by atoms with van der Waals surface area (Å²) in [6, 6.07) is 1.55. The minimum atomic E-state index is -1.16. The summed E-state index contributed by atoms with van der Waals surface area (Å²) in [7, 11) is 0. The number of fused-ring (bicyclic) bond motifs is 1. The van der Waals surface area contributed by atoms with E-state index in [-0.39, 0.29) is 12.1 Å². The van der Waals surface area contributed by atoms with Gasteiger partial charge in [0.25, 0.3) is 11.6 Å². The maximum Gasteiger partial charge on any atom is 0.322 e. The van der Waals surface area contributed by atoms with Crippen LogP contribution in [0, 0.1) is 6.92 Å². The highest BCUT2D eigenvalue weighted by Crippen LogP contribution is 2.16. The number of carboxylic acids is 1. The quantitative estimate of drug-likeness (QED) is 0.673. The summed E-state index contributed by atoms with van der Waals surface area (Å²) in [6.45, 7) is 0.892. The minimum Gasteiger partial charge on any atom is -0.480 e. The van der Waals surface area contributed by atoms with Gasteiger partial charge in [-0.2, -0.15) is 0 Å². The second kappa shape index (κ2) is 5.99. The van der Waals surface area contributed by atoms with Gasteiger partial charge in [0.15, 0.2) is 0 Å². The van der Waals surface area contributed by atoms with Gasteiger partial charge < -0.3 is 20.3 Å².